The van der Waals surface area contributed by atoms with Gasteiger partial charge in [-0.3, -0.25) is 9.59 Å². The number of aromatic nitrogens is 2. The van der Waals surface area contributed by atoms with Gasteiger partial charge in [0.05, 0.1) is 25.5 Å². The molecule has 1 saturated heterocycles. The van der Waals surface area contributed by atoms with E-state index in [9.17, 15) is 19.8 Å². The van der Waals surface area contributed by atoms with E-state index in [1.165, 1.54) is 6.33 Å². The van der Waals surface area contributed by atoms with E-state index in [2.05, 4.69) is 27.1 Å². The summed E-state index contributed by atoms with van der Waals surface area (Å²) in [5.74, 6) is 5.73. The smallest absolute Gasteiger partial charge is 0.293 e. The van der Waals surface area contributed by atoms with Gasteiger partial charge >= 0.3 is 0 Å². The van der Waals surface area contributed by atoms with E-state index in [-0.39, 0.29) is 30.8 Å². The van der Waals surface area contributed by atoms with Gasteiger partial charge in [0.1, 0.15) is 5.69 Å². The minimum atomic E-state index is -0.574. The lowest BCUT2D eigenvalue weighted by molar-refractivity contribution is 0.0677. The molecule has 0 radical (unpaired) electrons. The fourth-order valence-electron chi connectivity index (χ4n) is 3.72. The molecule has 1 aliphatic heterocycles. The molecule has 0 saturated carbocycles. The molecular weight excluding hydrogens is 420 g/mol. The van der Waals surface area contributed by atoms with Crippen molar-refractivity contribution in [1.82, 2.24) is 14.9 Å². The van der Waals surface area contributed by atoms with Crippen molar-refractivity contribution in [3.63, 3.8) is 0 Å². The third-order valence-electron chi connectivity index (χ3n) is 5.58. The molecule has 2 aromatic carbocycles. The molecule has 4 N–H and O–H groups in total. The SMILES string of the molecule is O=C(c1ccc(C#Cc2ccc(NCc3nc[nH]c(=O)c3O)cc2)cc1)N1CCC[C@H]1CO. The van der Waals surface area contributed by atoms with Gasteiger partial charge in [-0.25, -0.2) is 4.98 Å². The Kier molecular flexibility index (Phi) is 6.72. The number of likely N-dealkylation sites (tertiary alicyclic amines) is 1. The Morgan fingerprint density at radius 2 is 1.79 bits per heavy atom. The van der Waals surface area contributed by atoms with Crippen LogP contribution in [0.25, 0.3) is 0 Å². The monoisotopic (exact) mass is 444 g/mol. The van der Waals surface area contributed by atoms with Gasteiger partial charge in [0, 0.05) is 28.9 Å². The third kappa shape index (κ3) is 5.22. The van der Waals surface area contributed by atoms with Crippen molar-refractivity contribution in [2.45, 2.75) is 25.4 Å². The van der Waals surface area contributed by atoms with E-state index >= 15 is 0 Å². The first-order valence-corrected chi connectivity index (χ1v) is 10.7. The number of aliphatic hydroxyl groups excluding tert-OH is 1. The number of benzene rings is 2. The molecule has 8 heteroatoms. The molecule has 3 aromatic rings. The molecule has 0 spiro atoms. The maximum Gasteiger partial charge on any atom is 0.293 e. The Hall–Kier alpha value is -4.09. The number of amides is 1. The lowest BCUT2D eigenvalue weighted by Crippen LogP contribution is -2.37. The summed E-state index contributed by atoms with van der Waals surface area (Å²) < 4.78 is 0. The summed E-state index contributed by atoms with van der Waals surface area (Å²) in [6, 6.07) is 14.5. The Morgan fingerprint density at radius 1 is 1.12 bits per heavy atom. The molecule has 8 nitrogen and oxygen atoms in total. The van der Waals surface area contributed by atoms with Crippen LogP contribution in [0.1, 0.15) is 40.0 Å². The van der Waals surface area contributed by atoms with Crippen LogP contribution in [0.4, 0.5) is 5.69 Å². The van der Waals surface area contributed by atoms with Crippen LogP contribution in [0.2, 0.25) is 0 Å². The number of H-pyrrole nitrogens is 1. The van der Waals surface area contributed by atoms with Gasteiger partial charge in [0.15, 0.2) is 0 Å². The third-order valence-corrected chi connectivity index (χ3v) is 5.58. The number of carbonyl (C=O) groups is 1. The van der Waals surface area contributed by atoms with Crippen LogP contribution >= 0.6 is 0 Å². The van der Waals surface area contributed by atoms with Crippen LogP contribution < -0.4 is 10.9 Å². The van der Waals surface area contributed by atoms with Gasteiger partial charge in [-0.05, 0) is 61.4 Å². The molecule has 1 aromatic heterocycles. The minimum Gasteiger partial charge on any atom is -0.502 e. The zero-order valence-electron chi connectivity index (χ0n) is 17.9. The molecule has 4 rings (SSSR count). The Labute approximate surface area is 190 Å². The zero-order chi connectivity index (χ0) is 23.2. The predicted molar refractivity (Wildman–Crippen MR) is 124 cm³/mol. The van der Waals surface area contributed by atoms with Crippen molar-refractivity contribution in [2.75, 3.05) is 18.5 Å². The number of hydrogen-bond donors (Lipinski definition) is 4. The van der Waals surface area contributed by atoms with Gasteiger partial charge < -0.3 is 25.4 Å². The topological polar surface area (TPSA) is 119 Å². The van der Waals surface area contributed by atoms with Crippen molar-refractivity contribution in [2.24, 2.45) is 0 Å². The molecule has 0 aliphatic carbocycles. The van der Waals surface area contributed by atoms with Crippen molar-refractivity contribution in [3.05, 3.63) is 87.6 Å². The molecule has 1 amide bonds. The number of nitrogens with zero attached hydrogens (tertiary/aromatic N) is 2. The van der Waals surface area contributed by atoms with Crippen molar-refractivity contribution in [1.29, 1.82) is 0 Å². The van der Waals surface area contributed by atoms with E-state index in [4.69, 9.17) is 0 Å². The van der Waals surface area contributed by atoms with Gasteiger partial charge in [0.25, 0.3) is 11.5 Å². The van der Waals surface area contributed by atoms with Crippen LogP contribution in [0, 0.1) is 11.8 Å². The molecular formula is C25H24N4O4. The second kappa shape index (κ2) is 10.0. The highest BCUT2D eigenvalue weighted by atomic mass is 16.3. The van der Waals surface area contributed by atoms with Gasteiger partial charge in [-0.1, -0.05) is 11.8 Å². The summed E-state index contributed by atoms with van der Waals surface area (Å²) in [5, 5.41) is 22.3. The minimum absolute atomic E-state index is 0.00492. The number of hydrogen-bond acceptors (Lipinski definition) is 6. The van der Waals surface area contributed by atoms with Crippen LogP contribution in [-0.2, 0) is 6.54 Å². The standard InChI is InChI=1S/C25H24N4O4/c30-15-21-2-1-13-29(21)25(33)19-9-5-17(6-10-19)3-4-18-7-11-20(12-8-18)26-14-22-23(31)24(32)28-16-27-22/h5-12,16,21,26,30-31H,1-2,13-15H2,(H,27,28,32)/t21-/m0/s1. The number of anilines is 1. The highest BCUT2D eigenvalue weighted by Crippen LogP contribution is 2.20. The number of carbonyl (C=O) groups excluding carboxylic acids is 1. The summed E-state index contributed by atoms with van der Waals surface area (Å²) in [6.07, 6.45) is 3.00. The Balaban J connectivity index is 1.36. The number of aromatic hydroxyl groups is 1. The maximum absolute atomic E-state index is 12.7. The lowest BCUT2D eigenvalue weighted by atomic mass is 10.1. The zero-order valence-corrected chi connectivity index (χ0v) is 17.9. The molecule has 1 aliphatic rings. The van der Waals surface area contributed by atoms with Crippen LogP contribution in [0.3, 0.4) is 0 Å². The van der Waals surface area contributed by atoms with E-state index in [0.29, 0.717) is 12.1 Å². The van der Waals surface area contributed by atoms with E-state index in [0.717, 1.165) is 29.7 Å². The normalized spacial score (nSPS) is 15.1. The first-order chi connectivity index (χ1) is 16.0. The summed E-state index contributed by atoms with van der Waals surface area (Å²) >= 11 is 0. The van der Waals surface area contributed by atoms with Crippen LogP contribution in [0.15, 0.2) is 59.7 Å². The first kappa shape index (κ1) is 22.1. The van der Waals surface area contributed by atoms with E-state index < -0.39 is 11.3 Å². The first-order valence-electron chi connectivity index (χ1n) is 10.7. The number of nitrogens with one attached hydrogen (secondary N) is 2. The molecule has 2 heterocycles. The fourth-order valence-corrected chi connectivity index (χ4v) is 3.72. The number of aromatic amines is 1. The molecule has 33 heavy (non-hydrogen) atoms. The number of aliphatic hydroxyl groups is 1. The van der Waals surface area contributed by atoms with Gasteiger partial charge in [-0.15, -0.1) is 0 Å². The molecule has 0 unspecified atom stereocenters. The summed E-state index contributed by atoms with van der Waals surface area (Å²) in [5.41, 5.74) is 2.70. The molecule has 168 valence electrons. The molecule has 0 bridgehead atoms. The number of rotatable bonds is 5. The average molecular weight is 444 g/mol. The quantitative estimate of drug-likeness (QED) is 0.448. The van der Waals surface area contributed by atoms with Crippen molar-refractivity contribution in [3.8, 4) is 17.6 Å². The second-order valence-electron chi connectivity index (χ2n) is 7.76. The van der Waals surface area contributed by atoms with E-state index in [1.54, 1.807) is 17.0 Å². The van der Waals surface area contributed by atoms with Crippen LogP contribution in [0.5, 0.6) is 5.75 Å². The lowest BCUT2D eigenvalue weighted by Gasteiger charge is -2.23. The second-order valence-corrected chi connectivity index (χ2v) is 7.76. The van der Waals surface area contributed by atoms with Gasteiger partial charge in [-0.2, -0.15) is 0 Å². The summed E-state index contributed by atoms with van der Waals surface area (Å²) in [4.78, 5) is 32.1. The van der Waals surface area contributed by atoms with Gasteiger partial charge in [0.2, 0.25) is 5.75 Å². The summed E-state index contributed by atoms with van der Waals surface area (Å²) in [6.45, 7) is 0.884. The maximum atomic E-state index is 12.7. The Morgan fingerprint density at radius 3 is 2.45 bits per heavy atom. The van der Waals surface area contributed by atoms with Crippen LogP contribution in [-0.4, -0.2) is 50.2 Å². The molecule has 1 atom stereocenters. The largest absolute Gasteiger partial charge is 0.502 e. The predicted octanol–water partition coefficient (Wildman–Crippen LogP) is 2.08. The van der Waals surface area contributed by atoms with Crippen molar-refractivity contribution >= 4 is 11.6 Å². The summed E-state index contributed by atoms with van der Waals surface area (Å²) in [7, 11) is 0. The van der Waals surface area contributed by atoms with E-state index in [1.807, 2.05) is 36.4 Å². The fraction of sp³-hybridized carbons (Fsp3) is 0.240. The Bertz CT molecular complexity index is 1240. The average Bonchev–Trinajstić information content (AvgIpc) is 3.33. The highest BCUT2D eigenvalue weighted by Gasteiger charge is 2.28. The molecule has 1 fully saturated rings. The highest BCUT2D eigenvalue weighted by molar-refractivity contribution is 5.94. The van der Waals surface area contributed by atoms with Crippen molar-refractivity contribution < 1.29 is 15.0 Å².